The van der Waals surface area contributed by atoms with Gasteiger partial charge in [0, 0.05) is 54.8 Å². The summed E-state index contributed by atoms with van der Waals surface area (Å²) in [6.45, 7) is 1.07. The SMILES string of the molecule is COc1ccc2c3c(n(C)c2c1)[C@H](CO)N(C(=O)Nc1ccccc1F)CC31CCN(C(=O)c2ccccc2)CC1. The Hall–Kier alpha value is -4.37. The summed E-state index contributed by atoms with van der Waals surface area (Å²) in [7, 11) is 3.56. The first-order valence-corrected chi connectivity index (χ1v) is 13.8. The number of carbonyl (C=O) groups excluding carboxylic acids is 2. The first-order chi connectivity index (χ1) is 19.9. The first-order valence-electron chi connectivity index (χ1n) is 13.8. The number of aliphatic hydroxyl groups is 1. The number of aliphatic hydroxyl groups excluding tert-OH is 1. The molecule has 3 heterocycles. The molecule has 1 atom stereocenters. The van der Waals surface area contributed by atoms with Gasteiger partial charge in [0.1, 0.15) is 11.6 Å². The number of benzene rings is 3. The molecule has 9 heteroatoms. The number of fused-ring (bicyclic) bond motifs is 4. The van der Waals surface area contributed by atoms with Crippen molar-refractivity contribution in [2.75, 3.05) is 38.7 Å². The summed E-state index contributed by atoms with van der Waals surface area (Å²) in [4.78, 5) is 30.5. The Morgan fingerprint density at radius 1 is 1.05 bits per heavy atom. The largest absolute Gasteiger partial charge is 0.497 e. The highest BCUT2D eigenvalue weighted by molar-refractivity contribution is 5.95. The summed E-state index contributed by atoms with van der Waals surface area (Å²) >= 11 is 0. The molecule has 1 saturated heterocycles. The van der Waals surface area contributed by atoms with E-state index in [4.69, 9.17) is 4.74 Å². The number of piperidine rings is 1. The van der Waals surface area contributed by atoms with Crippen LogP contribution in [0.3, 0.4) is 0 Å². The van der Waals surface area contributed by atoms with Crippen molar-refractivity contribution in [3.05, 3.63) is 95.4 Å². The zero-order chi connectivity index (χ0) is 28.7. The smallest absolute Gasteiger partial charge is 0.322 e. The minimum atomic E-state index is -0.644. The van der Waals surface area contributed by atoms with Gasteiger partial charge in [-0.3, -0.25) is 4.79 Å². The van der Waals surface area contributed by atoms with Gasteiger partial charge in [-0.1, -0.05) is 30.3 Å². The number of halogens is 1. The molecule has 0 unspecified atom stereocenters. The topological polar surface area (TPSA) is 87.0 Å². The molecule has 1 fully saturated rings. The minimum absolute atomic E-state index is 0.0125. The maximum atomic E-state index is 14.5. The van der Waals surface area contributed by atoms with Crippen LogP contribution in [0, 0.1) is 5.82 Å². The Kier molecular flexibility index (Phi) is 6.91. The lowest BCUT2D eigenvalue weighted by Crippen LogP contribution is -2.56. The Morgan fingerprint density at radius 2 is 1.76 bits per heavy atom. The van der Waals surface area contributed by atoms with Crippen LogP contribution in [-0.2, 0) is 12.5 Å². The quantitative estimate of drug-likeness (QED) is 0.367. The predicted octanol–water partition coefficient (Wildman–Crippen LogP) is 5.08. The van der Waals surface area contributed by atoms with Crippen molar-refractivity contribution >= 4 is 28.5 Å². The molecule has 2 aliphatic rings. The number of rotatable bonds is 4. The highest BCUT2D eigenvalue weighted by Gasteiger charge is 2.50. The number of likely N-dealkylation sites (tertiary alicyclic amines) is 1. The van der Waals surface area contributed by atoms with Gasteiger partial charge in [0.15, 0.2) is 0 Å². The fraction of sp³-hybridized carbons (Fsp3) is 0.312. The molecule has 0 saturated carbocycles. The molecule has 1 spiro atoms. The number of ether oxygens (including phenoxy) is 1. The Balaban J connectivity index is 1.42. The van der Waals surface area contributed by atoms with Crippen molar-refractivity contribution in [3.63, 3.8) is 0 Å². The van der Waals surface area contributed by atoms with Crippen LogP contribution in [0.1, 0.15) is 40.5 Å². The summed E-state index contributed by atoms with van der Waals surface area (Å²) < 4.78 is 22.0. The molecular weight excluding hydrogens is 523 g/mol. The van der Waals surface area contributed by atoms with Crippen LogP contribution < -0.4 is 10.1 Å². The van der Waals surface area contributed by atoms with Crippen molar-refractivity contribution in [2.24, 2.45) is 7.05 Å². The number of nitrogens with one attached hydrogen (secondary N) is 1. The zero-order valence-corrected chi connectivity index (χ0v) is 23.1. The van der Waals surface area contributed by atoms with Crippen molar-refractivity contribution in [1.29, 1.82) is 0 Å². The van der Waals surface area contributed by atoms with E-state index in [9.17, 15) is 19.1 Å². The highest BCUT2D eigenvalue weighted by Crippen LogP contribution is 2.50. The van der Waals surface area contributed by atoms with Crippen molar-refractivity contribution in [3.8, 4) is 5.75 Å². The lowest BCUT2D eigenvalue weighted by molar-refractivity contribution is 0.0538. The molecule has 0 aliphatic carbocycles. The molecule has 8 nitrogen and oxygen atoms in total. The number of aromatic nitrogens is 1. The van der Waals surface area contributed by atoms with Crippen molar-refractivity contribution < 1.29 is 23.8 Å². The lowest BCUT2D eigenvalue weighted by atomic mass is 9.68. The zero-order valence-electron chi connectivity index (χ0n) is 23.1. The van der Waals surface area contributed by atoms with Gasteiger partial charge in [0.2, 0.25) is 0 Å². The molecule has 41 heavy (non-hydrogen) atoms. The predicted molar refractivity (Wildman–Crippen MR) is 155 cm³/mol. The van der Waals surface area contributed by atoms with Crippen molar-refractivity contribution in [1.82, 2.24) is 14.4 Å². The van der Waals surface area contributed by atoms with Gasteiger partial charge in [0.25, 0.3) is 5.91 Å². The number of urea groups is 1. The normalized spacial score (nSPS) is 17.9. The second-order valence-corrected chi connectivity index (χ2v) is 10.9. The van der Waals surface area contributed by atoms with Gasteiger partial charge in [-0.2, -0.15) is 0 Å². The van der Waals surface area contributed by atoms with Gasteiger partial charge < -0.3 is 29.5 Å². The van der Waals surface area contributed by atoms with E-state index >= 15 is 0 Å². The summed E-state index contributed by atoms with van der Waals surface area (Å²) in [5.74, 6) is 0.169. The van der Waals surface area contributed by atoms with E-state index in [1.807, 2.05) is 65.0 Å². The second kappa shape index (κ2) is 10.6. The summed E-state index contributed by atoms with van der Waals surface area (Å²) in [5, 5.41) is 14.4. The molecule has 2 N–H and O–H groups in total. The molecule has 0 bridgehead atoms. The van der Waals surface area contributed by atoms with Crippen LogP contribution in [0.25, 0.3) is 10.9 Å². The minimum Gasteiger partial charge on any atom is -0.497 e. The monoisotopic (exact) mass is 556 g/mol. The number of amides is 3. The first kappa shape index (κ1) is 26.8. The van der Waals surface area contributed by atoms with E-state index in [1.165, 1.54) is 12.1 Å². The molecule has 212 valence electrons. The van der Waals surface area contributed by atoms with Crippen LogP contribution >= 0.6 is 0 Å². The van der Waals surface area contributed by atoms with Crippen LogP contribution in [0.5, 0.6) is 5.75 Å². The fourth-order valence-electron chi connectivity index (χ4n) is 6.63. The Bertz CT molecular complexity index is 1610. The molecule has 1 aromatic heterocycles. The molecule has 0 radical (unpaired) electrons. The Morgan fingerprint density at radius 3 is 2.44 bits per heavy atom. The third kappa shape index (κ3) is 4.50. The average Bonchev–Trinajstić information content (AvgIpc) is 3.31. The molecule has 2 aliphatic heterocycles. The third-order valence-corrected chi connectivity index (χ3v) is 8.73. The number of aryl methyl sites for hydroxylation is 1. The number of carbonyl (C=O) groups is 2. The van der Waals surface area contributed by atoms with E-state index < -0.39 is 23.3 Å². The van der Waals surface area contributed by atoms with Crippen molar-refractivity contribution in [2.45, 2.75) is 24.3 Å². The maximum absolute atomic E-state index is 14.5. The number of methoxy groups -OCH3 is 1. The lowest BCUT2D eigenvalue weighted by Gasteiger charge is -2.50. The van der Waals surface area contributed by atoms with Gasteiger partial charge in [-0.25, -0.2) is 9.18 Å². The van der Waals surface area contributed by atoms with E-state index in [1.54, 1.807) is 24.1 Å². The van der Waals surface area contributed by atoms with Gasteiger partial charge in [0.05, 0.1) is 31.0 Å². The van der Waals surface area contributed by atoms with E-state index in [-0.39, 0.29) is 18.2 Å². The van der Waals surface area contributed by atoms with E-state index in [0.29, 0.717) is 43.8 Å². The number of para-hydroxylation sites is 1. The average molecular weight is 557 g/mol. The van der Waals surface area contributed by atoms with Gasteiger partial charge in [-0.15, -0.1) is 0 Å². The van der Waals surface area contributed by atoms with Crippen LogP contribution in [0.2, 0.25) is 0 Å². The number of hydrogen-bond donors (Lipinski definition) is 2. The number of hydrogen-bond acceptors (Lipinski definition) is 4. The number of anilines is 1. The summed E-state index contributed by atoms with van der Waals surface area (Å²) in [6.07, 6.45) is 1.26. The highest BCUT2D eigenvalue weighted by atomic mass is 19.1. The fourth-order valence-corrected chi connectivity index (χ4v) is 6.63. The standard InChI is InChI=1S/C32H33FN4O4/c1-35-26-18-22(41-2)12-13-23(26)28-29(35)27(19-38)37(31(40)34-25-11-7-6-10-24(25)33)20-32(28)14-16-36(17-15-32)30(39)21-8-4-3-5-9-21/h3-13,18,27,38H,14-17,19-20H2,1-2H3,(H,34,40)/t27-/m0/s1. The second-order valence-electron chi connectivity index (χ2n) is 10.9. The molecular formula is C32H33FN4O4. The summed E-state index contributed by atoms with van der Waals surface area (Å²) in [6, 6.07) is 20.1. The van der Waals surface area contributed by atoms with Crippen LogP contribution in [0.15, 0.2) is 72.8 Å². The maximum Gasteiger partial charge on any atom is 0.322 e. The van der Waals surface area contributed by atoms with Gasteiger partial charge >= 0.3 is 6.03 Å². The molecule has 3 amide bonds. The third-order valence-electron chi connectivity index (χ3n) is 8.73. The van der Waals surface area contributed by atoms with Crippen LogP contribution in [0.4, 0.5) is 14.9 Å². The Labute approximate surface area is 237 Å². The molecule has 3 aromatic carbocycles. The molecule has 6 rings (SSSR count). The molecule has 4 aromatic rings. The van der Waals surface area contributed by atoms with E-state index in [2.05, 4.69) is 5.32 Å². The number of nitrogens with zero attached hydrogens (tertiary/aromatic N) is 3. The van der Waals surface area contributed by atoms with Gasteiger partial charge in [-0.05, 0) is 54.8 Å². The van der Waals surface area contributed by atoms with E-state index in [0.717, 1.165) is 22.2 Å². The summed E-state index contributed by atoms with van der Waals surface area (Å²) in [5.41, 5.74) is 3.13. The van der Waals surface area contributed by atoms with Crippen LogP contribution in [-0.4, -0.2) is 64.8 Å².